The molecular formula is C12H14N2O2. The molecule has 4 heteroatoms. The molecule has 0 aliphatic carbocycles. The van der Waals surface area contributed by atoms with Gasteiger partial charge >= 0.3 is 5.97 Å². The van der Waals surface area contributed by atoms with E-state index < -0.39 is 5.97 Å². The van der Waals surface area contributed by atoms with E-state index in [0.717, 1.165) is 25.2 Å². The topological polar surface area (TPSA) is 53.4 Å². The molecule has 1 aromatic rings. The van der Waals surface area contributed by atoms with Crippen LogP contribution in [0.15, 0.2) is 24.4 Å². The van der Waals surface area contributed by atoms with Gasteiger partial charge in [-0.3, -0.25) is 4.98 Å². The van der Waals surface area contributed by atoms with Crippen molar-refractivity contribution in [2.45, 2.75) is 6.42 Å². The summed E-state index contributed by atoms with van der Waals surface area (Å²) in [6, 6.07) is 3.38. The van der Waals surface area contributed by atoms with Gasteiger partial charge in [-0.2, -0.15) is 0 Å². The average molecular weight is 218 g/mol. The Hall–Kier alpha value is -1.68. The van der Waals surface area contributed by atoms with Crippen molar-refractivity contribution in [1.29, 1.82) is 0 Å². The lowest BCUT2D eigenvalue weighted by atomic mass is 10.0. The Morgan fingerprint density at radius 2 is 2.31 bits per heavy atom. The quantitative estimate of drug-likeness (QED) is 0.817. The molecule has 0 amide bonds. The minimum atomic E-state index is -0.934. The molecule has 0 saturated carbocycles. The third kappa shape index (κ3) is 2.28. The zero-order valence-corrected chi connectivity index (χ0v) is 9.18. The van der Waals surface area contributed by atoms with Crippen molar-refractivity contribution in [2.75, 3.05) is 20.1 Å². The predicted molar refractivity (Wildman–Crippen MR) is 61.3 cm³/mol. The van der Waals surface area contributed by atoms with Gasteiger partial charge in [0.05, 0.1) is 11.3 Å². The smallest absolute Gasteiger partial charge is 0.337 e. The molecule has 4 nitrogen and oxygen atoms in total. The van der Waals surface area contributed by atoms with Crippen molar-refractivity contribution in [2.24, 2.45) is 0 Å². The first-order valence-corrected chi connectivity index (χ1v) is 5.24. The SMILES string of the molecule is CN1CC=C(c2ccc(C(=O)O)cn2)CC1. The first-order valence-electron chi connectivity index (χ1n) is 5.24. The van der Waals surface area contributed by atoms with Gasteiger partial charge in [0, 0.05) is 19.3 Å². The molecule has 16 heavy (non-hydrogen) atoms. The summed E-state index contributed by atoms with van der Waals surface area (Å²) >= 11 is 0. The standard InChI is InChI=1S/C12H14N2O2/c1-14-6-4-9(5-7-14)11-3-2-10(8-13-11)12(15)16/h2-4,8H,5-7H2,1H3,(H,15,16). The lowest BCUT2D eigenvalue weighted by Crippen LogP contribution is -2.23. The van der Waals surface area contributed by atoms with Crippen LogP contribution in [0.4, 0.5) is 0 Å². The number of pyridine rings is 1. The Kier molecular flexibility index (Phi) is 3.01. The fourth-order valence-electron chi connectivity index (χ4n) is 1.71. The lowest BCUT2D eigenvalue weighted by molar-refractivity contribution is 0.0696. The lowest BCUT2D eigenvalue weighted by Gasteiger charge is -2.21. The highest BCUT2D eigenvalue weighted by Gasteiger charge is 2.11. The summed E-state index contributed by atoms with van der Waals surface area (Å²) in [4.78, 5) is 17.1. The first-order chi connectivity index (χ1) is 7.66. The minimum Gasteiger partial charge on any atom is -0.478 e. The number of hydrogen-bond acceptors (Lipinski definition) is 3. The van der Waals surface area contributed by atoms with Gasteiger partial charge in [-0.1, -0.05) is 6.08 Å². The van der Waals surface area contributed by atoms with Crippen LogP contribution in [-0.2, 0) is 0 Å². The molecule has 1 aliphatic rings. The van der Waals surface area contributed by atoms with E-state index in [2.05, 4.69) is 23.0 Å². The zero-order valence-electron chi connectivity index (χ0n) is 9.18. The van der Waals surface area contributed by atoms with Crippen molar-refractivity contribution >= 4 is 11.5 Å². The highest BCUT2D eigenvalue weighted by atomic mass is 16.4. The molecule has 0 saturated heterocycles. The van der Waals surface area contributed by atoms with E-state index in [9.17, 15) is 4.79 Å². The van der Waals surface area contributed by atoms with Gasteiger partial charge < -0.3 is 10.0 Å². The number of rotatable bonds is 2. The van der Waals surface area contributed by atoms with Gasteiger partial charge in [0.1, 0.15) is 0 Å². The van der Waals surface area contributed by atoms with Crippen LogP contribution >= 0.6 is 0 Å². The second-order valence-corrected chi connectivity index (χ2v) is 3.98. The van der Waals surface area contributed by atoms with Crippen LogP contribution in [0.2, 0.25) is 0 Å². The average Bonchev–Trinajstić information content (AvgIpc) is 2.30. The van der Waals surface area contributed by atoms with Crippen molar-refractivity contribution in [3.63, 3.8) is 0 Å². The molecular weight excluding hydrogens is 204 g/mol. The minimum absolute atomic E-state index is 0.234. The van der Waals surface area contributed by atoms with Crippen LogP contribution in [0.5, 0.6) is 0 Å². The number of carboxylic acids is 1. The van der Waals surface area contributed by atoms with Gasteiger partial charge in [-0.15, -0.1) is 0 Å². The molecule has 0 spiro atoms. The Bertz CT molecular complexity index is 423. The molecule has 0 bridgehead atoms. The Labute approximate surface area is 94.2 Å². The maximum absolute atomic E-state index is 10.7. The van der Waals surface area contributed by atoms with Crippen molar-refractivity contribution in [3.8, 4) is 0 Å². The second-order valence-electron chi connectivity index (χ2n) is 3.98. The van der Waals surface area contributed by atoms with E-state index in [4.69, 9.17) is 5.11 Å². The maximum atomic E-state index is 10.7. The van der Waals surface area contributed by atoms with Gasteiger partial charge in [0.15, 0.2) is 0 Å². The van der Waals surface area contributed by atoms with Gasteiger partial charge in [0.2, 0.25) is 0 Å². The van der Waals surface area contributed by atoms with Crippen molar-refractivity contribution in [1.82, 2.24) is 9.88 Å². The number of aromatic nitrogens is 1. The first kappa shape index (κ1) is 10.8. The molecule has 1 aromatic heterocycles. The van der Waals surface area contributed by atoms with Crippen LogP contribution in [0.25, 0.3) is 5.57 Å². The molecule has 0 unspecified atom stereocenters. The fourth-order valence-corrected chi connectivity index (χ4v) is 1.71. The molecule has 2 rings (SSSR count). The van der Waals surface area contributed by atoms with Crippen molar-refractivity contribution in [3.05, 3.63) is 35.7 Å². The van der Waals surface area contributed by atoms with Crippen LogP contribution in [-0.4, -0.2) is 41.1 Å². The van der Waals surface area contributed by atoms with E-state index >= 15 is 0 Å². The van der Waals surface area contributed by atoms with Crippen LogP contribution in [0.3, 0.4) is 0 Å². The fraction of sp³-hybridized carbons (Fsp3) is 0.333. The van der Waals surface area contributed by atoms with E-state index in [1.807, 2.05) is 0 Å². The third-order valence-corrected chi connectivity index (χ3v) is 2.75. The summed E-state index contributed by atoms with van der Waals surface area (Å²) in [6.45, 7) is 1.95. The summed E-state index contributed by atoms with van der Waals surface area (Å²) in [5.74, 6) is -0.934. The Morgan fingerprint density at radius 1 is 1.50 bits per heavy atom. The number of hydrogen-bond donors (Lipinski definition) is 1. The van der Waals surface area contributed by atoms with Gasteiger partial charge in [-0.05, 0) is 31.2 Å². The highest BCUT2D eigenvalue weighted by Crippen LogP contribution is 2.19. The molecule has 0 fully saturated rings. The van der Waals surface area contributed by atoms with Crippen LogP contribution in [0, 0.1) is 0 Å². The Balaban J connectivity index is 2.19. The van der Waals surface area contributed by atoms with Crippen molar-refractivity contribution < 1.29 is 9.90 Å². The number of nitrogens with zero attached hydrogens (tertiary/aromatic N) is 2. The molecule has 1 aliphatic heterocycles. The summed E-state index contributed by atoms with van der Waals surface area (Å²) in [7, 11) is 2.08. The summed E-state index contributed by atoms with van der Waals surface area (Å²) in [5.41, 5.74) is 2.32. The molecule has 1 N–H and O–H groups in total. The summed E-state index contributed by atoms with van der Waals surface area (Å²) in [5, 5.41) is 8.76. The number of carboxylic acid groups (broad SMARTS) is 1. The number of carbonyl (C=O) groups is 1. The maximum Gasteiger partial charge on any atom is 0.337 e. The monoisotopic (exact) mass is 218 g/mol. The predicted octanol–water partition coefficient (Wildman–Crippen LogP) is 1.50. The zero-order chi connectivity index (χ0) is 11.5. The number of aromatic carboxylic acids is 1. The van der Waals surface area contributed by atoms with E-state index in [1.165, 1.54) is 11.8 Å². The molecule has 2 heterocycles. The molecule has 0 radical (unpaired) electrons. The molecule has 84 valence electrons. The normalized spacial score (nSPS) is 16.9. The van der Waals surface area contributed by atoms with E-state index in [-0.39, 0.29) is 5.56 Å². The van der Waals surface area contributed by atoms with Crippen LogP contribution < -0.4 is 0 Å². The Morgan fingerprint density at radius 3 is 2.81 bits per heavy atom. The third-order valence-electron chi connectivity index (χ3n) is 2.75. The highest BCUT2D eigenvalue weighted by molar-refractivity contribution is 5.87. The van der Waals surface area contributed by atoms with Crippen LogP contribution in [0.1, 0.15) is 22.5 Å². The number of likely N-dealkylation sites (N-methyl/N-ethyl adjacent to an activating group) is 1. The molecule has 0 aromatic carbocycles. The van der Waals surface area contributed by atoms with E-state index in [1.54, 1.807) is 12.1 Å². The largest absolute Gasteiger partial charge is 0.478 e. The van der Waals surface area contributed by atoms with Gasteiger partial charge in [0.25, 0.3) is 0 Å². The summed E-state index contributed by atoms with van der Waals surface area (Å²) < 4.78 is 0. The van der Waals surface area contributed by atoms with Gasteiger partial charge in [-0.25, -0.2) is 4.79 Å². The molecule has 0 atom stereocenters. The second kappa shape index (κ2) is 4.45. The van der Waals surface area contributed by atoms with E-state index in [0.29, 0.717) is 0 Å². The summed E-state index contributed by atoms with van der Waals surface area (Å²) in [6.07, 6.45) is 4.53.